The number of hydrogen-bond donors (Lipinski definition) is 1. The average molecular weight is 230 g/mol. The summed E-state index contributed by atoms with van der Waals surface area (Å²) >= 11 is 0. The van der Waals surface area contributed by atoms with E-state index in [9.17, 15) is 0 Å². The van der Waals surface area contributed by atoms with Crippen LogP contribution in [0.3, 0.4) is 0 Å². The molecular weight excluding hydrogens is 212 g/mol. The van der Waals surface area contributed by atoms with E-state index in [1.54, 1.807) is 6.20 Å². The second kappa shape index (κ2) is 5.10. The maximum absolute atomic E-state index is 6.09. The summed E-state index contributed by atoms with van der Waals surface area (Å²) in [4.78, 5) is 8.75. The maximum atomic E-state index is 6.09. The first-order valence-electron chi connectivity index (χ1n) is 5.92. The Kier molecular flexibility index (Phi) is 3.54. The van der Waals surface area contributed by atoms with Crippen molar-refractivity contribution in [3.63, 3.8) is 0 Å². The van der Waals surface area contributed by atoms with Gasteiger partial charge in [-0.2, -0.15) is 0 Å². The molecule has 2 atom stereocenters. The van der Waals surface area contributed by atoms with Crippen LogP contribution in [0.4, 0.5) is 0 Å². The topological polar surface area (TPSA) is 56.7 Å². The Morgan fingerprint density at radius 1 is 1.29 bits per heavy atom. The van der Waals surface area contributed by atoms with E-state index < -0.39 is 0 Å². The van der Waals surface area contributed by atoms with Crippen LogP contribution < -0.4 is 5.73 Å². The van der Waals surface area contributed by atoms with Crippen LogP contribution >= 0.6 is 0 Å². The van der Waals surface area contributed by atoms with Crippen molar-refractivity contribution in [1.29, 1.82) is 0 Å². The van der Waals surface area contributed by atoms with Gasteiger partial charge in [-0.05, 0) is 19.1 Å². The monoisotopic (exact) mass is 230 g/mol. The highest BCUT2D eigenvalue weighted by atomic mass is 15.1. The molecule has 2 unspecified atom stereocenters. The highest BCUT2D eigenvalue weighted by molar-refractivity contribution is 5.14. The number of hydrogen-bond acceptors (Lipinski definition) is 3. The molecule has 2 heterocycles. The molecule has 0 aliphatic rings. The third kappa shape index (κ3) is 2.36. The Hall–Kier alpha value is -1.68. The first-order chi connectivity index (χ1) is 8.24. The van der Waals surface area contributed by atoms with E-state index in [0.717, 1.165) is 17.9 Å². The van der Waals surface area contributed by atoms with Crippen molar-refractivity contribution in [2.24, 2.45) is 5.73 Å². The number of pyridine rings is 1. The van der Waals surface area contributed by atoms with Gasteiger partial charge >= 0.3 is 0 Å². The van der Waals surface area contributed by atoms with Crippen molar-refractivity contribution in [1.82, 2.24) is 14.5 Å². The maximum Gasteiger partial charge on any atom is 0.109 e. The number of rotatable bonds is 4. The van der Waals surface area contributed by atoms with Crippen LogP contribution in [0.1, 0.15) is 31.4 Å². The van der Waals surface area contributed by atoms with Gasteiger partial charge in [0.15, 0.2) is 0 Å². The van der Waals surface area contributed by atoms with Gasteiger partial charge in [-0.3, -0.25) is 4.98 Å². The lowest BCUT2D eigenvalue weighted by Crippen LogP contribution is -2.31. The van der Waals surface area contributed by atoms with Crippen LogP contribution in [0.5, 0.6) is 0 Å². The van der Waals surface area contributed by atoms with Crippen molar-refractivity contribution in [2.75, 3.05) is 0 Å². The van der Waals surface area contributed by atoms with Gasteiger partial charge in [0.2, 0.25) is 0 Å². The Bertz CT molecular complexity index is 461. The van der Waals surface area contributed by atoms with E-state index in [1.165, 1.54) is 0 Å². The molecule has 0 bridgehead atoms. The van der Waals surface area contributed by atoms with Gasteiger partial charge < -0.3 is 10.3 Å². The number of nitrogens with zero attached hydrogens (tertiary/aromatic N) is 3. The van der Waals surface area contributed by atoms with E-state index in [-0.39, 0.29) is 12.1 Å². The Balaban J connectivity index is 2.43. The summed E-state index contributed by atoms with van der Waals surface area (Å²) in [5, 5.41) is 0. The van der Waals surface area contributed by atoms with Crippen molar-refractivity contribution in [3.8, 4) is 0 Å². The van der Waals surface area contributed by atoms with Crippen LogP contribution in [0, 0.1) is 0 Å². The highest BCUT2D eigenvalue weighted by Gasteiger charge is 2.21. The van der Waals surface area contributed by atoms with E-state index in [0.29, 0.717) is 0 Å². The molecule has 17 heavy (non-hydrogen) atoms. The number of aromatic nitrogens is 3. The molecule has 0 saturated carbocycles. The fourth-order valence-corrected chi connectivity index (χ4v) is 2.09. The second-order valence-corrected chi connectivity index (χ2v) is 4.16. The molecular formula is C13H18N4. The molecule has 0 spiro atoms. The van der Waals surface area contributed by atoms with Gasteiger partial charge in [-0.15, -0.1) is 0 Å². The average Bonchev–Trinajstić information content (AvgIpc) is 2.78. The zero-order chi connectivity index (χ0) is 12.3. The highest BCUT2D eigenvalue weighted by Crippen LogP contribution is 2.20. The van der Waals surface area contributed by atoms with Crippen LogP contribution in [0.25, 0.3) is 0 Å². The lowest BCUT2D eigenvalue weighted by Gasteiger charge is -2.23. The minimum atomic E-state index is -0.00981. The van der Waals surface area contributed by atoms with E-state index >= 15 is 0 Å². The molecule has 0 radical (unpaired) electrons. The van der Waals surface area contributed by atoms with E-state index in [4.69, 9.17) is 5.73 Å². The fourth-order valence-electron chi connectivity index (χ4n) is 2.09. The lowest BCUT2D eigenvalue weighted by atomic mass is 10.1. The SMILES string of the molecule is CCc1nccn1C(c1ccccn1)C(C)N. The van der Waals surface area contributed by atoms with Gasteiger partial charge in [0.05, 0.1) is 11.7 Å². The number of imidazole rings is 1. The van der Waals surface area contributed by atoms with Gasteiger partial charge in [0.1, 0.15) is 5.82 Å². The van der Waals surface area contributed by atoms with Crippen LogP contribution in [0.2, 0.25) is 0 Å². The zero-order valence-electron chi connectivity index (χ0n) is 10.2. The molecule has 4 nitrogen and oxygen atoms in total. The van der Waals surface area contributed by atoms with Gasteiger partial charge in [-0.1, -0.05) is 13.0 Å². The summed E-state index contributed by atoms with van der Waals surface area (Å²) < 4.78 is 2.12. The second-order valence-electron chi connectivity index (χ2n) is 4.16. The van der Waals surface area contributed by atoms with Gasteiger partial charge in [-0.25, -0.2) is 4.98 Å². The fraction of sp³-hybridized carbons (Fsp3) is 0.385. The molecule has 0 aliphatic heterocycles. The van der Waals surface area contributed by atoms with Crippen molar-refractivity contribution in [3.05, 3.63) is 48.3 Å². The smallest absolute Gasteiger partial charge is 0.109 e. The minimum absolute atomic E-state index is 0.00981. The van der Waals surface area contributed by atoms with Gasteiger partial charge in [0, 0.05) is 31.1 Å². The molecule has 0 aliphatic carbocycles. The van der Waals surface area contributed by atoms with Crippen LogP contribution in [-0.4, -0.2) is 20.6 Å². The molecule has 2 aromatic rings. The molecule has 2 N–H and O–H groups in total. The first kappa shape index (κ1) is 11.8. The molecule has 4 heteroatoms. The summed E-state index contributed by atoms with van der Waals surface area (Å²) in [6.07, 6.45) is 6.48. The summed E-state index contributed by atoms with van der Waals surface area (Å²) in [7, 11) is 0. The molecule has 0 amide bonds. The molecule has 2 aromatic heterocycles. The molecule has 0 aromatic carbocycles. The Morgan fingerprint density at radius 2 is 2.12 bits per heavy atom. The summed E-state index contributed by atoms with van der Waals surface area (Å²) in [5.74, 6) is 1.04. The largest absolute Gasteiger partial charge is 0.326 e. The van der Waals surface area contributed by atoms with E-state index in [1.807, 2.05) is 37.5 Å². The third-order valence-electron chi connectivity index (χ3n) is 2.85. The Morgan fingerprint density at radius 3 is 2.71 bits per heavy atom. The van der Waals surface area contributed by atoms with Crippen LogP contribution in [0.15, 0.2) is 36.8 Å². The predicted octanol–water partition coefficient (Wildman–Crippen LogP) is 1.78. The van der Waals surface area contributed by atoms with Crippen molar-refractivity contribution >= 4 is 0 Å². The number of nitrogens with two attached hydrogens (primary N) is 1. The molecule has 2 rings (SSSR count). The Labute approximate surface area is 102 Å². The lowest BCUT2D eigenvalue weighted by molar-refractivity contribution is 0.471. The molecule has 0 fully saturated rings. The normalized spacial score (nSPS) is 14.5. The summed E-state index contributed by atoms with van der Waals surface area (Å²) in [6, 6.07) is 5.95. The molecule has 0 saturated heterocycles. The summed E-state index contributed by atoms with van der Waals surface area (Å²) in [5.41, 5.74) is 7.08. The van der Waals surface area contributed by atoms with Crippen LogP contribution in [-0.2, 0) is 6.42 Å². The standard InChI is InChI=1S/C13H18N4/c1-3-12-16-8-9-17(12)13(10(2)14)11-6-4-5-7-15-11/h4-10,13H,3,14H2,1-2H3. The first-order valence-corrected chi connectivity index (χ1v) is 5.92. The predicted molar refractivity (Wildman–Crippen MR) is 67.6 cm³/mol. The third-order valence-corrected chi connectivity index (χ3v) is 2.85. The van der Waals surface area contributed by atoms with Gasteiger partial charge in [0.25, 0.3) is 0 Å². The number of aryl methyl sites for hydroxylation is 1. The van der Waals surface area contributed by atoms with E-state index in [2.05, 4.69) is 21.5 Å². The summed E-state index contributed by atoms with van der Waals surface area (Å²) in [6.45, 7) is 4.09. The zero-order valence-corrected chi connectivity index (χ0v) is 10.2. The van der Waals surface area contributed by atoms with Crippen molar-refractivity contribution in [2.45, 2.75) is 32.4 Å². The quantitative estimate of drug-likeness (QED) is 0.871. The molecule has 90 valence electrons. The van der Waals surface area contributed by atoms with Crippen molar-refractivity contribution < 1.29 is 0 Å². The minimum Gasteiger partial charge on any atom is -0.326 e.